The predicted molar refractivity (Wildman–Crippen MR) is 135 cm³/mol. The van der Waals surface area contributed by atoms with Crippen LogP contribution >= 0.6 is 0 Å². The third-order valence-electron chi connectivity index (χ3n) is 9.66. The van der Waals surface area contributed by atoms with Gasteiger partial charge in [0, 0.05) is 6.61 Å². The van der Waals surface area contributed by atoms with E-state index in [1.54, 1.807) is 0 Å². The zero-order chi connectivity index (χ0) is 22.2. The van der Waals surface area contributed by atoms with Crippen LogP contribution in [0.3, 0.4) is 0 Å². The SMILES string of the molecule is CCCC1CCC(CC(C)OCC2CCC(C3CCC(CC(C)C)CC3)CC2)C(C)C1. The van der Waals surface area contributed by atoms with Gasteiger partial charge in [0.05, 0.1) is 6.10 Å². The van der Waals surface area contributed by atoms with E-state index in [0.717, 1.165) is 54.0 Å². The van der Waals surface area contributed by atoms with Crippen molar-refractivity contribution in [3.05, 3.63) is 0 Å². The fourth-order valence-corrected chi connectivity index (χ4v) is 7.77. The summed E-state index contributed by atoms with van der Waals surface area (Å²) in [6, 6.07) is 0. The van der Waals surface area contributed by atoms with Gasteiger partial charge in [0.2, 0.25) is 0 Å². The van der Waals surface area contributed by atoms with Crippen LogP contribution in [0, 0.1) is 47.3 Å². The van der Waals surface area contributed by atoms with Crippen molar-refractivity contribution in [3.8, 4) is 0 Å². The van der Waals surface area contributed by atoms with Crippen LogP contribution in [0.4, 0.5) is 0 Å². The largest absolute Gasteiger partial charge is 0.378 e. The molecule has 3 fully saturated rings. The molecule has 1 heteroatoms. The summed E-state index contributed by atoms with van der Waals surface area (Å²) in [6.07, 6.45) is 22.4. The first kappa shape index (κ1) is 25.6. The Labute approximate surface area is 195 Å². The van der Waals surface area contributed by atoms with E-state index in [4.69, 9.17) is 4.74 Å². The van der Waals surface area contributed by atoms with Gasteiger partial charge in [0.25, 0.3) is 0 Å². The van der Waals surface area contributed by atoms with Gasteiger partial charge in [-0.2, -0.15) is 0 Å². The van der Waals surface area contributed by atoms with Crippen LogP contribution in [-0.2, 0) is 4.74 Å². The minimum Gasteiger partial charge on any atom is -0.378 e. The first-order valence-electron chi connectivity index (χ1n) is 14.6. The van der Waals surface area contributed by atoms with Crippen LogP contribution in [0.2, 0.25) is 0 Å². The standard InChI is InChI=1S/C30H56O/c1-6-7-25-10-17-30(23(4)19-25)20-24(5)31-21-27-11-15-29(16-12-27)28-13-8-26(9-14-28)18-22(2)3/h22-30H,6-21H2,1-5H3. The van der Waals surface area contributed by atoms with Crippen LogP contribution < -0.4 is 0 Å². The number of rotatable bonds is 10. The molecule has 0 radical (unpaired) electrons. The predicted octanol–water partition coefficient (Wildman–Crippen LogP) is 9.29. The summed E-state index contributed by atoms with van der Waals surface area (Å²) in [6.45, 7) is 13.0. The van der Waals surface area contributed by atoms with E-state index < -0.39 is 0 Å². The number of ether oxygens (including phenoxy) is 1. The maximum absolute atomic E-state index is 6.44. The summed E-state index contributed by atoms with van der Waals surface area (Å²) in [7, 11) is 0. The second-order valence-corrected chi connectivity index (χ2v) is 12.8. The summed E-state index contributed by atoms with van der Waals surface area (Å²) < 4.78 is 6.44. The second-order valence-electron chi connectivity index (χ2n) is 12.8. The van der Waals surface area contributed by atoms with Crippen molar-refractivity contribution >= 4 is 0 Å². The Balaban J connectivity index is 1.28. The monoisotopic (exact) mass is 432 g/mol. The molecular weight excluding hydrogens is 376 g/mol. The Hall–Kier alpha value is -0.0400. The van der Waals surface area contributed by atoms with E-state index in [-0.39, 0.29) is 0 Å². The van der Waals surface area contributed by atoms with Gasteiger partial charge >= 0.3 is 0 Å². The van der Waals surface area contributed by atoms with Crippen molar-refractivity contribution in [2.24, 2.45) is 47.3 Å². The van der Waals surface area contributed by atoms with Crippen LogP contribution in [0.25, 0.3) is 0 Å². The lowest BCUT2D eigenvalue weighted by Gasteiger charge is -2.38. The Morgan fingerprint density at radius 3 is 1.84 bits per heavy atom. The fraction of sp³-hybridized carbons (Fsp3) is 1.00. The lowest BCUT2D eigenvalue weighted by atomic mass is 9.68. The van der Waals surface area contributed by atoms with Crippen molar-refractivity contribution in [2.75, 3.05) is 6.61 Å². The molecule has 0 N–H and O–H groups in total. The molecule has 0 bridgehead atoms. The van der Waals surface area contributed by atoms with Gasteiger partial charge in [-0.1, -0.05) is 59.8 Å². The summed E-state index contributed by atoms with van der Waals surface area (Å²) >= 11 is 0. The van der Waals surface area contributed by atoms with Gasteiger partial charge < -0.3 is 4.74 Å². The molecule has 0 aliphatic heterocycles. The average molecular weight is 433 g/mol. The normalized spacial score (nSPS) is 38.3. The zero-order valence-electron chi connectivity index (χ0n) is 21.9. The third kappa shape index (κ3) is 8.35. The molecule has 182 valence electrons. The van der Waals surface area contributed by atoms with Gasteiger partial charge in [0.1, 0.15) is 0 Å². The molecule has 3 rings (SSSR count). The van der Waals surface area contributed by atoms with Gasteiger partial charge in [-0.15, -0.1) is 0 Å². The molecule has 1 nitrogen and oxygen atoms in total. The summed E-state index contributed by atoms with van der Waals surface area (Å²) in [5.41, 5.74) is 0. The van der Waals surface area contributed by atoms with E-state index in [2.05, 4.69) is 34.6 Å². The van der Waals surface area contributed by atoms with Gasteiger partial charge in [0.15, 0.2) is 0 Å². The molecule has 4 unspecified atom stereocenters. The lowest BCUT2D eigenvalue weighted by Crippen LogP contribution is -2.29. The minimum atomic E-state index is 0.462. The first-order valence-corrected chi connectivity index (χ1v) is 14.6. The summed E-state index contributed by atoms with van der Waals surface area (Å²) in [5.74, 6) is 7.67. The molecule has 0 aromatic rings. The molecule has 3 saturated carbocycles. The molecule has 3 aliphatic rings. The molecule has 3 aliphatic carbocycles. The summed E-state index contributed by atoms with van der Waals surface area (Å²) in [5, 5.41) is 0. The molecular formula is C30H56O. The Morgan fingerprint density at radius 2 is 1.29 bits per heavy atom. The molecule has 31 heavy (non-hydrogen) atoms. The highest BCUT2D eigenvalue weighted by atomic mass is 16.5. The summed E-state index contributed by atoms with van der Waals surface area (Å²) in [4.78, 5) is 0. The molecule has 4 atom stereocenters. The van der Waals surface area contributed by atoms with Crippen LogP contribution in [0.5, 0.6) is 0 Å². The van der Waals surface area contributed by atoms with Crippen molar-refractivity contribution in [3.63, 3.8) is 0 Å². The third-order valence-corrected chi connectivity index (χ3v) is 9.66. The van der Waals surface area contributed by atoms with E-state index in [1.165, 1.54) is 96.3 Å². The van der Waals surface area contributed by atoms with E-state index in [0.29, 0.717) is 6.10 Å². The quantitative estimate of drug-likeness (QED) is 0.334. The highest BCUT2D eigenvalue weighted by molar-refractivity contribution is 4.83. The molecule has 0 aromatic carbocycles. The van der Waals surface area contributed by atoms with E-state index >= 15 is 0 Å². The van der Waals surface area contributed by atoms with Crippen LogP contribution in [0.1, 0.15) is 131 Å². The Bertz CT molecular complexity index is 469. The van der Waals surface area contributed by atoms with Crippen molar-refractivity contribution < 1.29 is 4.74 Å². The van der Waals surface area contributed by atoms with E-state index in [1.807, 2.05) is 0 Å². The Kier molecular flexibility index (Phi) is 10.7. The molecule has 0 aromatic heterocycles. The maximum atomic E-state index is 6.44. The Morgan fingerprint density at radius 1 is 0.710 bits per heavy atom. The van der Waals surface area contributed by atoms with Crippen molar-refractivity contribution in [1.29, 1.82) is 0 Å². The van der Waals surface area contributed by atoms with Crippen LogP contribution in [-0.4, -0.2) is 12.7 Å². The van der Waals surface area contributed by atoms with Gasteiger partial charge in [-0.25, -0.2) is 0 Å². The minimum absolute atomic E-state index is 0.462. The van der Waals surface area contributed by atoms with Crippen molar-refractivity contribution in [2.45, 2.75) is 137 Å². The smallest absolute Gasteiger partial charge is 0.0549 e. The van der Waals surface area contributed by atoms with Gasteiger partial charge in [-0.05, 0) is 118 Å². The molecule has 0 spiro atoms. The topological polar surface area (TPSA) is 9.23 Å². The van der Waals surface area contributed by atoms with E-state index in [9.17, 15) is 0 Å². The highest BCUT2D eigenvalue weighted by Gasteiger charge is 2.32. The highest BCUT2D eigenvalue weighted by Crippen LogP contribution is 2.43. The molecule has 0 heterocycles. The lowest BCUT2D eigenvalue weighted by molar-refractivity contribution is -0.000192. The zero-order valence-corrected chi connectivity index (χ0v) is 21.9. The maximum Gasteiger partial charge on any atom is 0.0549 e. The fourth-order valence-electron chi connectivity index (χ4n) is 7.77. The molecule has 0 saturated heterocycles. The van der Waals surface area contributed by atoms with Crippen molar-refractivity contribution in [1.82, 2.24) is 0 Å². The molecule has 0 amide bonds. The van der Waals surface area contributed by atoms with Crippen LogP contribution in [0.15, 0.2) is 0 Å². The van der Waals surface area contributed by atoms with Gasteiger partial charge in [-0.3, -0.25) is 0 Å². The first-order chi connectivity index (χ1) is 14.9. The number of hydrogen-bond acceptors (Lipinski definition) is 1. The number of hydrogen-bond donors (Lipinski definition) is 0. The average Bonchev–Trinajstić information content (AvgIpc) is 2.75. The second kappa shape index (κ2) is 13.0.